The molecule has 0 bridgehead atoms. The Balaban J connectivity index is 1.22. The SMILES string of the molecule is CC1(COCC(=O)NCCCCCCCc2ccc([N+](=O)[O-])cc2[N+](=O)[O-])CC2OC(C)(C)OC2C1. The predicted molar refractivity (Wildman–Crippen MR) is 132 cm³/mol. The fourth-order valence-electron chi connectivity index (χ4n) is 5.11. The first kappa shape index (κ1) is 27.9. The molecule has 200 valence electrons. The van der Waals surface area contributed by atoms with Gasteiger partial charge in [0, 0.05) is 18.2 Å². The largest absolute Gasteiger partial charge is 0.371 e. The zero-order valence-corrected chi connectivity index (χ0v) is 21.3. The van der Waals surface area contributed by atoms with Crippen molar-refractivity contribution in [2.75, 3.05) is 19.8 Å². The molecular weight excluding hydrogens is 470 g/mol. The molecule has 0 radical (unpaired) electrons. The molecule has 1 aliphatic heterocycles. The second kappa shape index (κ2) is 12.1. The van der Waals surface area contributed by atoms with E-state index in [1.807, 2.05) is 13.8 Å². The van der Waals surface area contributed by atoms with Gasteiger partial charge in [-0.15, -0.1) is 0 Å². The first-order valence-corrected chi connectivity index (χ1v) is 12.6. The van der Waals surface area contributed by atoms with Crippen LogP contribution in [-0.4, -0.2) is 53.5 Å². The van der Waals surface area contributed by atoms with Crippen LogP contribution in [0.1, 0.15) is 71.3 Å². The van der Waals surface area contributed by atoms with Gasteiger partial charge in [0.15, 0.2) is 5.79 Å². The fraction of sp³-hybridized carbons (Fsp3) is 0.720. The number of carbonyl (C=O) groups excluding carboxylic acids is 1. The lowest BCUT2D eigenvalue weighted by Crippen LogP contribution is -2.32. The molecule has 1 saturated heterocycles. The Morgan fingerprint density at radius 3 is 2.31 bits per heavy atom. The lowest BCUT2D eigenvalue weighted by Gasteiger charge is -2.27. The second-order valence-electron chi connectivity index (χ2n) is 10.6. The quantitative estimate of drug-likeness (QED) is 0.221. The third-order valence-electron chi connectivity index (χ3n) is 6.78. The van der Waals surface area contributed by atoms with Crippen LogP contribution in [0.5, 0.6) is 0 Å². The van der Waals surface area contributed by atoms with E-state index < -0.39 is 15.6 Å². The van der Waals surface area contributed by atoms with Crippen LogP contribution in [0.2, 0.25) is 0 Å². The number of rotatable bonds is 14. The summed E-state index contributed by atoms with van der Waals surface area (Å²) in [6, 6.07) is 3.79. The number of amides is 1. The normalized spacial score (nSPS) is 24.4. The molecule has 36 heavy (non-hydrogen) atoms. The van der Waals surface area contributed by atoms with Gasteiger partial charge in [-0.25, -0.2) is 0 Å². The van der Waals surface area contributed by atoms with Crippen molar-refractivity contribution in [3.63, 3.8) is 0 Å². The van der Waals surface area contributed by atoms with Crippen LogP contribution in [0.15, 0.2) is 18.2 Å². The summed E-state index contributed by atoms with van der Waals surface area (Å²) in [4.78, 5) is 32.9. The van der Waals surface area contributed by atoms with Crippen molar-refractivity contribution in [2.45, 2.75) is 90.1 Å². The Kier molecular flexibility index (Phi) is 9.37. The smallest absolute Gasteiger partial charge is 0.279 e. The van der Waals surface area contributed by atoms with Crippen LogP contribution in [0.3, 0.4) is 0 Å². The molecule has 0 spiro atoms. The van der Waals surface area contributed by atoms with Gasteiger partial charge in [-0.3, -0.25) is 25.0 Å². The van der Waals surface area contributed by atoms with Crippen molar-refractivity contribution in [3.8, 4) is 0 Å². The zero-order chi connectivity index (χ0) is 26.3. The molecule has 1 heterocycles. The summed E-state index contributed by atoms with van der Waals surface area (Å²) in [5, 5.41) is 24.9. The average molecular weight is 508 g/mol. The van der Waals surface area contributed by atoms with E-state index in [2.05, 4.69) is 12.2 Å². The third kappa shape index (κ3) is 7.94. The number of nitrogens with zero attached hydrogens (tertiary/aromatic N) is 2. The van der Waals surface area contributed by atoms with Gasteiger partial charge in [0.1, 0.15) is 6.61 Å². The van der Waals surface area contributed by atoms with Crippen molar-refractivity contribution >= 4 is 17.3 Å². The Bertz CT molecular complexity index is 935. The van der Waals surface area contributed by atoms with E-state index in [1.165, 1.54) is 12.1 Å². The van der Waals surface area contributed by atoms with Crippen molar-refractivity contribution < 1.29 is 28.9 Å². The highest BCUT2D eigenvalue weighted by molar-refractivity contribution is 5.77. The van der Waals surface area contributed by atoms with Gasteiger partial charge < -0.3 is 19.5 Å². The summed E-state index contributed by atoms with van der Waals surface area (Å²) in [5.74, 6) is -0.651. The number of aryl methyl sites for hydroxylation is 1. The summed E-state index contributed by atoms with van der Waals surface area (Å²) in [6.07, 6.45) is 6.76. The van der Waals surface area contributed by atoms with E-state index in [-0.39, 0.29) is 41.5 Å². The summed E-state index contributed by atoms with van der Waals surface area (Å²) < 4.78 is 17.6. The highest BCUT2D eigenvalue weighted by Gasteiger charge is 2.51. The molecule has 11 heteroatoms. The molecule has 11 nitrogen and oxygen atoms in total. The molecule has 1 aromatic carbocycles. The number of non-ortho nitro benzene ring substituents is 1. The van der Waals surface area contributed by atoms with Crippen molar-refractivity contribution in [1.29, 1.82) is 0 Å². The Hall–Kier alpha value is -2.63. The number of nitro benzene ring substituents is 2. The Morgan fingerprint density at radius 1 is 1.03 bits per heavy atom. The van der Waals surface area contributed by atoms with Crippen LogP contribution in [0.25, 0.3) is 0 Å². The first-order valence-electron chi connectivity index (χ1n) is 12.6. The van der Waals surface area contributed by atoms with Gasteiger partial charge >= 0.3 is 0 Å². The minimum Gasteiger partial charge on any atom is -0.371 e. The molecule has 2 unspecified atom stereocenters. The molecule has 3 rings (SSSR count). The van der Waals surface area contributed by atoms with Gasteiger partial charge in [-0.2, -0.15) is 0 Å². The van der Waals surface area contributed by atoms with Crippen molar-refractivity contribution in [3.05, 3.63) is 44.0 Å². The maximum Gasteiger partial charge on any atom is 0.279 e. The zero-order valence-electron chi connectivity index (χ0n) is 21.3. The standard InChI is InChI=1S/C25H37N3O8/c1-24(2)35-21-14-25(3,15-22(21)36-24)17-34-16-23(29)26-12-8-6-4-5-7-9-18-10-11-19(27(30)31)13-20(18)28(32)33/h10-11,13,21-22H,4-9,12,14-17H2,1-3H3,(H,26,29). The van der Waals surface area contributed by atoms with Crippen LogP contribution in [0.4, 0.5) is 11.4 Å². The highest BCUT2D eigenvalue weighted by Crippen LogP contribution is 2.47. The summed E-state index contributed by atoms with van der Waals surface area (Å²) in [7, 11) is 0. The summed E-state index contributed by atoms with van der Waals surface area (Å²) in [5.41, 5.74) is -0.0247. The minimum absolute atomic E-state index is 0.0339. The van der Waals surface area contributed by atoms with E-state index in [4.69, 9.17) is 14.2 Å². The maximum absolute atomic E-state index is 12.1. The fourth-order valence-corrected chi connectivity index (χ4v) is 5.11. The summed E-state index contributed by atoms with van der Waals surface area (Å²) >= 11 is 0. The van der Waals surface area contributed by atoms with Crippen LogP contribution in [0, 0.1) is 25.6 Å². The van der Waals surface area contributed by atoms with Crippen LogP contribution in [-0.2, 0) is 25.4 Å². The number of fused-ring (bicyclic) bond motifs is 1. The van der Waals surface area contributed by atoms with Crippen LogP contribution < -0.4 is 5.32 Å². The molecular formula is C25H37N3O8. The molecule has 1 amide bonds. The molecule has 1 aliphatic carbocycles. The topological polar surface area (TPSA) is 143 Å². The number of hydrogen-bond donors (Lipinski definition) is 1. The van der Waals surface area contributed by atoms with Gasteiger partial charge in [0.25, 0.3) is 11.4 Å². The number of hydrogen-bond acceptors (Lipinski definition) is 8. The van der Waals surface area contributed by atoms with E-state index >= 15 is 0 Å². The van der Waals surface area contributed by atoms with E-state index in [0.29, 0.717) is 25.1 Å². The number of ether oxygens (including phenoxy) is 3. The van der Waals surface area contributed by atoms with Gasteiger partial charge in [0.2, 0.25) is 5.91 Å². The lowest BCUT2D eigenvalue weighted by atomic mass is 9.89. The molecule has 2 fully saturated rings. The number of nitro groups is 2. The van der Waals surface area contributed by atoms with Crippen molar-refractivity contribution in [2.24, 2.45) is 5.41 Å². The molecule has 2 atom stereocenters. The third-order valence-corrected chi connectivity index (χ3v) is 6.78. The summed E-state index contributed by atoms with van der Waals surface area (Å²) in [6.45, 7) is 7.11. The molecule has 1 N–H and O–H groups in total. The van der Waals surface area contributed by atoms with Crippen LogP contribution >= 0.6 is 0 Å². The predicted octanol–water partition coefficient (Wildman–Crippen LogP) is 4.45. The number of unbranched alkanes of at least 4 members (excludes halogenated alkanes) is 4. The number of carbonyl (C=O) groups is 1. The van der Waals surface area contributed by atoms with E-state index in [9.17, 15) is 25.0 Å². The molecule has 0 aromatic heterocycles. The first-order chi connectivity index (χ1) is 17.0. The minimum atomic E-state index is -0.632. The highest BCUT2D eigenvalue weighted by atomic mass is 16.8. The molecule has 1 saturated carbocycles. The van der Waals surface area contributed by atoms with E-state index in [1.54, 1.807) is 0 Å². The second-order valence-corrected chi connectivity index (χ2v) is 10.6. The number of nitrogens with one attached hydrogen (secondary N) is 1. The van der Waals surface area contributed by atoms with Gasteiger partial charge in [-0.1, -0.05) is 26.2 Å². The van der Waals surface area contributed by atoms with Gasteiger partial charge in [-0.05, 0) is 57.4 Å². The lowest BCUT2D eigenvalue weighted by molar-refractivity contribution is -0.394. The van der Waals surface area contributed by atoms with Crippen molar-refractivity contribution in [1.82, 2.24) is 5.32 Å². The monoisotopic (exact) mass is 507 g/mol. The average Bonchev–Trinajstić information content (AvgIpc) is 3.23. The van der Waals surface area contributed by atoms with E-state index in [0.717, 1.165) is 51.0 Å². The molecule has 2 aliphatic rings. The van der Waals surface area contributed by atoms with Gasteiger partial charge in [0.05, 0.1) is 34.7 Å². The number of benzene rings is 1. The molecule has 1 aromatic rings. The Labute approximate surface area is 211 Å². The Morgan fingerprint density at radius 2 is 1.67 bits per heavy atom. The maximum atomic E-state index is 12.1.